The molecule has 3 atom stereocenters. The third-order valence-electron chi connectivity index (χ3n) is 5.44. The largest absolute Gasteiger partial charge is 0.493 e. The number of hydrogen-bond donors (Lipinski definition) is 1. The van der Waals surface area contributed by atoms with Crippen LogP contribution in [0.3, 0.4) is 0 Å². The van der Waals surface area contributed by atoms with E-state index in [0.29, 0.717) is 17.5 Å². The number of nitrogens with one attached hydrogen (secondary N) is 1. The SMILES string of the molecule is CC(C)COc1ccc2c(c1)C1C=CCC1C(c1cc([N+](=O)[O-])ccc1Cl)N2. The highest BCUT2D eigenvalue weighted by Crippen LogP contribution is 2.51. The van der Waals surface area contributed by atoms with E-state index in [2.05, 4.69) is 37.4 Å². The van der Waals surface area contributed by atoms with Gasteiger partial charge >= 0.3 is 0 Å². The molecular weight excluding hydrogens is 376 g/mol. The highest BCUT2D eigenvalue weighted by molar-refractivity contribution is 6.31. The maximum Gasteiger partial charge on any atom is 0.269 e. The molecule has 1 aliphatic heterocycles. The summed E-state index contributed by atoms with van der Waals surface area (Å²) < 4.78 is 5.91. The van der Waals surface area contributed by atoms with Crippen molar-refractivity contribution in [3.05, 3.63) is 74.8 Å². The summed E-state index contributed by atoms with van der Waals surface area (Å²) in [5.74, 6) is 1.83. The summed E-state index contributed by atoms with van der Waals surface area (Å²) in [5.41, 5.74) is 3.07. The van der Waals surface area contributed by atoms with Crippen LogP contribution in [0, 0.1) is 22.0 Å². The number of anilines is 1. The molecule has 1 heterocycles. The highest BCUT2D eigenvalue weighted by atomic mass is 35.5. The van der Waals surface area contributed by atoms with E-state index in [0.717, 1.165) is 23.4 Å². The van der Waals surface area contributed by atoms with Crippen LogP contribution in [0.25, 0.3) is 0 Å². The molecule has 2 aromatic rings. The maximum atomic E-state index is 11.2. The molecule has 1 N–H and O–H groups in total. The van der Waals surface area contributed by atoms with Crippen LogP contribution in [-0.4, -0.2) is 11.5 Å². The molecule has 4 rings (SSSR count). The van der Waals surface area contributed by atoms with Gasteiger partial charge in [-0.2, -0.15) is 0 Å². The van der Waals surface area contributed by atoms with E-state index in [4.69, 9.17) is 16.3 Å². The van der Waals surface area contributed by atoms with Gasteiger partial charge in [0.2, 0.25) is 0 Å². The van der Waals surface area contributed by atoms with Crippen LogP contribution in [0.1, 0.15) is 43.4 Å². The summed E-state index contributed by atoms with van der Waals surface area (Å²) in [5, 5.41) is 15.4. The van der Waals surface area contributed by atoms with Crippen molar-refractivity contribution in [1.82, 2.24) is 0 Å². The normalized spacial score (nSPS) is 22.5. The monoisotopic (exact) mass is 398 g/mol. The van der Waals surface area contributed by atoms with E-state index in [1.54, 1.807) is 12.1 Å². The molecule has 0 fully saturated rings. The zero-order chi connectivity index (χ0) is 19.8. The van der Waals surface area contributed by atoms with Crippen molar-refractivity contribution in [1.29, 1.82) is 0 Å². The lowest BCUT2D eigenvalue weighted by molar-refractivity contribution is -0.384. The number of benzene rings is 2. The number of fused-ring (bicyclic) bond motifs is 3. The van der Waals surface area contributed by atoms with Crippen LogP contribution in [0.15, 0.2) is 48.6 Å². The quantitative estimate of drug-likeness (QED) is 0.375. The molecule has 0 amide bonds. The molecule has 0 saturated heterocycles. The Morgan fingerprint density at radius 2 is 2.07 bits per heavy atom. The standard InChI is InChI=1S/C22H23ClN2O3/c1-13(2)12-28-15-7-9-21-18(11-15)16-4-3-5-17(16)22(24-21)19-10-14(25(26)27)6-8-20(19)23/h3-4,6-11,13,16-17,22,24H,5,12H2,1-2H3. The lowest BCUT2D eigenvalue weighted by Crippen LogP contribution is -2.29. The van der Waals surface area contributed by atoms with Crippen molar-refractivity contribution < 1.29 is 9.66 Å². The summed E-state index contributed by atoms with van der Waals surface area (Å²) in [4.78, 5) is 10.9. The zero-order valence-corrected chi connectivity index (χ0v) is 16.6. The molecule has 1 aliphatic carbocycles. The van der Waals surface area contributed by atoms with Gasteiger partial charge in [0.05, 0.1) is 17.6 Å². The molecule has 28 heavy (non-hydrogen) atoms. The minimum Gasteiger partial charge on any atom is -0.493 e. The molecule has 3 unspecified atom stereocenters. The van der Waals surface area contributed by atoms with Crippen LogP contribution in [-0.2, 0) is 0 Å². The summed E-state index contributed by atoms with van der Waals surface area (Å²) in [6.45, 7) is 4.94. The lowest BCUT2D eigenvalue weighted by atomic mass is 9.77. The molecular formula is C22H23ClN2O3. The number of hydrogen-bond acceptors (Lipinski definition) is 4. The number of nitro groups is 1. The Bertz CT molecular complexity index is 941. The Kier molecular flexibility index (Phi) is 5.02. The third-order valence-corrected chi connectivity index (χ3v) is 5.79. The van der Waals surface area contributed by atoms with Crippen molar-refractivity contribution in [2.24, 2.45) is 11.8 Å². The first-order valence-electron chi connectivity index (χ1n) is 9.58. The van der Waals surface area contributed by atoms with Crippen LogP contribution in [0.4, 0.5) is 11.4 Å². The van der Waals surface area contributed by atoms with Crippen LogP contribution < -0.4 is 10.1 Å². The van der Waals surface area contributed by atoms with Crippen molar-refractivity contribution in [3.8, 4) is 5.75 Å². The Morgan fingerprint density at radius 1 is 1.25 bits per heavy atom. The summed E-state index contributed by atoms with van der Waals surface area (Å²) in [6, 6.07) is 10.7. The lowest BCUT2D eigenvalue weighted by Gasteiger charge is -2.38. The fraction of sp³-hybridized carbons (Fsp3) is 0.364. The van der Waals surface area contributed by atoms with Gasteiger partial charge in [-0.05, 0) is 48.1 Å². The van der Waals surface area contributed by atoms with Gasteiger partial charge in [-0.15, -0.1) is 0 Å². The molecule has 2 aliphatic rings. The van der Waals surface area contributed by atoms with E-state index in [-0.39, 0.29) is 28.5 Å². The Morgan fingerprint density at radius 3 is 2.82 bits per heavy atom. The summed E-state index contributed by atoms with van der Waals surface area (Å²) >= 11 is 6.44. The predicted molar refractivity (Wildman–Crippen MR) is 111 cm³/mol. The molecule has 0 bridgehead atoms. The summed E-state index contributed by atoms with van der Waals surface area (Å²) in [7, 11) is 0. The number of nitrogens with zero attached hydrogens (tertiary/aromatic N) is 1. The van der Waals surface area contributed by atoms with E-state index in [1.807, 2.05) is 12.1 Å². The van der Waals surface area contributed by atoms with Crippen molar-refractivity contribution in [3.63, 3.8) is 0 Å². The number of non-ortho nitro benzene ring substituents is 1. The first-order chi connectivity index (χ1) is 13.4. The molecule has 146 valence electrons. The van der Waals surface area contributed by atoms with Crippen LogP contribution in [0.2, 0.25) is 5.02 Å². The zero-order valence-electron chi connectivity index (χ0n) is 15.9. The van der Waals surface area contributed by atoms with Crippen molar-refractivity contribution in [2.75, 3.05) is 11.9 Å². The van der Waals surface area contributed by atoms with Gasteiger partial charge in [-0.3, -0.25) is 10.1 Å². The molecule has 0 aromatic heterocycles. The minimum absolute atomic E-state index is 0.0620. The second-order valence-corrected chi connectivity index (χ2v) is 8.30. The molecule has 0 radical (unpaired) electrons. The number of ether oxygens (including phenoxy) is 1. The molecule has 2 aromatic carbocycles. The Labute approximate surface area is 169 Å². The number of rotatable bonds is 5. The fourth-order valence-electron chi connectivity index (χ4n) is 4.12. The van der Waals surface area contributed by atoms with Crippen LogP contribution >= 0.6 is 11.6 Å². The predicted octanol–water partition coefficient (Wildman–Crippen LogP) is 6.11. The number of nitro benzene ring substituents is 1. The van der Waals surface area contributed by atoms with Gasteiger partial charge < -0.3 is 10.1 Å². The summed E-state index contributed by atoms with van der Waals surface area (Å²) in [6.07, 6.45) is 5.32. The van der Waals surface area contributed by atoms with Crippen molar-refractivity contribution in [2.45, 2.75) is 32.2 Å². The second-order valence-electron chi connectivity index (χ2n) is 7.89. The Balaban J connectivity index is 1.70. The Hall–Kier alpha value is -2.53. The first kappa shape index (κ1) is 18.8. The average Bonchev–Trinajstić information content (AvgIpc) is 3.16. The van der Waals surface area contributed by atoms with E-state index in [9.17, 15) is 10.1 Å². The average molecular weight is 399 g/mol. The van der Waals surface area contributed by atoms with E-state index < -0.39 is 0 Å². The van der Waals surface area contributed by atoms with Gasteiger partial charge in [-0.25, -0.2) is 0 Å². The maximum absolute atomic E-state index is 11.2. The van der Waals surface area contributed by atoms with Gasteiger partial charge in [0, 0.05) is 34.3 Å². The first-order valence-corrected chi connectivity index (χ1v) is 9.95. The molecule has 6 heteroatoms. The highest BCUT2D eigenvalue weighted by Gasteiger charge is 2.39. The molecule has 0 spiro atoms. The van der Waals surface area contributed by atoms with E-state index >= 15 is 0 Å². The molecule has 0 saturated carbocycles. The second kappa shape index (κ2) is 7.47. The minimum atomic E-state index is -0.376. The topological polar surface area (TPSA) is 64.4 Å². The van der Waals surface area contributed by atoms with Gasteiger partial charge in [0.1, 0.15) is 5.75 Å². The smallest absolute Gasteiger partial charge is 0.269 e. The molecule has 5 nitrogen and oxygen atoms in total. The third kappa shape index (κ3) is 3.47. The van der Waals surface area contributed by atoms with E-state index in [1.165, 1.54) is 11.6 Å². The van der Waals surface area contributed by atoms with Crippen molar-refractivity contribution >= 4 is 23.0 Å². The fourth-order valence-corrected chi connectivity index (χ4v) is 4.35. The van der Waals surface area contributed by atoms with Gasteiger partial charge in [0.15, 0.2) is 0 Å². The van der Waals surface area contributed by atoms with Crippen LogP contribution in [0.5, 0.6) is 5.75 Å². The number of halogens is 1. The van der Waals surface area contributed by atoms with Gasteiger partial charge in [0.25, 0.3) is 5.69 Å². The van der Waals surface area contributed by atoms with Gasteiger partial charge in [-0.1, -0.05) is 37.6 Å². The number of allylic oxidation sites excluding steroid dienone is 2.